The maximum absolute atomic E-state index is 12.0. The predicted molar refractivity (Wildman–Crippen MR) is 64.3 cm³/mol. The summed E-state index contributed by atoms with van der Waals surface area (Å²) in [5.74, 6) is 0.458. The molecule has 0 bridgehead atoms. The van der Waals surface area contributed by atoms with Crippen molar-refractivity contribution in [3.05, 3.63) is 41.7 Å². The van der Waals surface area contributed by atoms with Crippen LogP contribution in [0.5, 0.6) is 0 Å². The SMILES string of the molecule is CN(Cc1ncn[nH]1)C(=O)c1ccc(CN)cn1. The quantitative estimate of drug-likeness (QED) is 0.786. The van der Waals surface area contributed by atoms with Crippen molar-refractivity contribution in [2.45, 2.75) is 13.1 Å². The van der Waals surface area contributed by atoms with Gasteiger partial charge in [-0.25, -0.2) is 4.98 Å². The highest BCUT2D eigenvalue weighted by Crippen LogP contribution is 2.04. The molecule has 0 saturated heterocycles. The summed E-state index contributed by atoms with van der Waals surface area (Å²) in [5.41, 5.74) is 6.75. The molecule has 0 atom stereocenters. The lowest BCUT2D eigenvalue weighted by Gasteiger charge is -2.14. The Kier molecular flexibility index (Phi) is 3.63. The van der Waals surface area contributed by atoms with Gasteiger partial charge in [0.2, 0.25) is 0 Å². The molecule has 0 aliphatic rings. The molecule has 0 aromatic carbocycles. The van der Waals surface area contributed by atoms with Crippen molar-refractivity contribution < 1.29 is 4.79 Å². The van der Waals surface area contributed by atoms with Crippen LogP contribution in [0.25, 0.3) is 0 Å². The largest absolute Gasteiger partial charge is 0.333 e. The highest BCUT2D eigenvalue weighted by atomic mass is 16.2. The first-order valence-electron chi connectivity index (χ1n) is 5.45. The minimum atomic E-state index is -0.171. The lowest BCUT2D eigenvalue weighted by Crippen LogP contribution is -2.27. The number of aromatic nitrogens is 4. The normalized spacial score (nSPS) is 10.3. The minimum absolute atomic E-state index is 0.171. The summed E-state index contributed by atoms with van der Waals surface area (Å²) in [4.78, 5) is 21.6. The van der Waals surface area contributed by atoms with Gasteiger partial charge in [-0.1, -0.05) is 6.07 Å². The zero-order valence-electron chi connectivity index (χ0n) is 10.00. The molecule has 7 nitrogen and oxygen atoms in total. The number of hydrogen-bond donors (Lipinski definition) is 2. The summed E-state index contributed by atoms with van der Waals surface area (Å²) >= 11 is 0. The summed E-state index contributed by atoms with van der Waals surface area (Å²) in [5, 5.41) is 6.43. The van der Waals surface area contributed by atoms with Gasteiger partial charge in [-0.2, -0.15) is 5.10 Å². The molecule has 0 aliphatic carbocycles. The first-order valence-corrected chi connectivity index (χ1v) is 5.45. The summed E-state index contributed by atoms with van der Waals surface area (Å²) in [7, 11) is 1.68. The minimum Gasteiger partial charge on any atom is -0.333 e. The van der Waals surface area contributed by atoms with Crippen LogP contribution in [0.15, 0.2) is 24.7 Å². The van der Waals surface area contributed by atoms with E-state index in [1.165, 1.54) is 11.2 Å². The first-order chi connectivity index (χ1) is 8.70. The number of pyridine rings is 1. The third kappa shape index (κ3) is 2.69. The number of amides is 1. The van der Waals surface area contributed by atoms with Crippen LogP contribution in [0.1, 0.15) is 21.9 Å². The van der Waals surface area contributed by atoms with Crippen LogP contribution in [-0.2, 0) is 13.1 Å². The van der Waals surface area contributed by atoms with E-state index >= 15 is 0 Å². The summed E-state index contributed by atoms with van der Waals surface area (Å²) < 4.78 is 0. The van der Waals surface area contributed by atoms with E-state index in [4.69, 9.17) is 5.73 Å². The maximum Gasteiger partial charge on any atom is 0.272 e. The average Bonchev–Trinajstić information content (AvgIpc) is 2.91. The van der Waals surface area contributed by atoms with E-state index in [1.54, 1.807) is 25.4 Å². The second-order valence-corrected chi connectivity index (χ2v) is 3.85. The molecule has 2 aromatic rings. The Morgan fingerprint density at radius 3 is 2.83 bits per heavy atom. The number of nitrogens with zero attached hydrogens (tertiary/aromatic N) is 4. The second-order valence-electron chi connectivity index (χ2n) is 3.85. The Morgan fingerprint density at radius 1 is 1.44 bits per heavy atom. The zero-order valence-corrected chi connectivity index (χ0v) is 10.00. The lowest BCUT2D eigenvalue weighted by molar-refractivity contribution is 0.0776. The monoisotopic (exact) mass is 246 g/mol. The van der Waals surface area contributed by atoms with E-state index in [0.717, 1.165) is 5.56 Å². The van der Waals surface area contributed by atoms with E-state index in [9.17, 15) is 4.79 Å². The van der Waals surface area contributed by atoms with Gasteiger partial charge < -0.3 is 10.6 Å². The van der Waals surface area contributed by atoms with Gasteiger partial charge in [0.25, 0.3) is 5.91 Å². The molecule has 94 valence electrons. The van der Waals surface area contributed by atoms with Gasteiger partial charge in [-0.3, -0.25) is 14.9 Å². The Bertz CT molecular complexity index is 507. The number of aromatic amines is 1. The van der Waals surface area contributed by atoms with Crippen molar-refractivity contribution in [3.63, 3.8) is 0 Å². The van der Waals surface area contributed by atoms with Crippen molar-refractivity contribution in [2.24, 2.45) is 5.73 Å². The molecule has 0 aliphatic heterocycles. The fourth-order valence-corrected chi connectivity index (χ4v) is 1.47. The van der Waals surface area contributed by atoms with Gasteiger partial charge in [0.15, 0.2) is 0 Å². The van der Waals surface area contributed by atoms with Crippen LogP contribution in [0.4, 0.5) is 0 Å². The van der Waals surface area contributed by atoms with Gasteiger partial charge >= 0.3 is 0 Å². The average molecular weight is 246 g/mol. The molecule has 0 unspecified atom stereocenters. The number of carbonyl (C=O) groups excluding carboxylic acids is 1. The molecule has 2 rings (SSSR count). The van der Waals surface area contributed by atoms with Crippen molar-refractivity contribution in [1.29, 1.82) is 0 Å². The number of hydrogen-bond acceptors (Lipinski definition) is 5. The van der Waals surface area contributed by atoms with Gasteiger partial charge in [-0.05, 0) is 11.6 Å². The smallest absolute Gasteiger partial charge is 0.272 e. The molecule has 2 heterocycles. The van der Waals surface area contributed by atoms with E-state index in [1.807, 2.05) is 0 Å². The van der Waals surface area contributed by atoms with Gasteiger partial charge in [-0.15, -0.1) is 0 Å². The van der Waals surface area contributed by atoms with Gasteiger partial charge in [0, 0.05) is 19.8 Å². The molecule has 0 spiro atoms. The summed E-state index contributed by atoms with van der Waals surface area (Å²) in [6.45, 7) is 0.772. The highest BCUT2D eigenvalue weighted by Gasteiger charge is 2.14. The molecule has 3 N–H and O–H groups in total. The topological polar surface area (TPSA) is 101 Å². The van der Waals surface area contributed by atoms with Gasteiger partial charge in [0.1, 0.15) is 17.8 Å². The van der Waals surface area contributed by atoms with Gasteiger partial charge in [0.05, 0.1) is 6.54 Å². The van der Waals surface area contributed by atoms with Crippen molar-refractivity contribution in [1.82, 2.24) is 25.1 Å². The standard InChI is InChI=1S/C11H14N6O/c1-17(6-10-14-7-15-16-10)11(18)9-3-2-8(4-12)5-13-9/h2-3,5,7H,4,6,12H2,1H3,(H,14,15,16). The number of nitrogens with two attached hydrogens (primary N) is 1. The van der Waals surface area contributed by atoms with Crippen molar-refractivity contribution in [3.8, 4) is 0 Å². The molecule has 18 heavy (non-hydrogen) atoms. The van der Waals surface area contributed by atoms with E-state index in [0.29, 0.717) is 24.6 Å². The lowest BCUT2D eigenvalue weighted by atomic mass is 10.2. The van der Waals surface area contributed by atoms with E-state index in [-0.39, 0.29) is 5.91 Å². The highest BCUT2D eigenvalue weighted by molar-refractivity contribution is 5.92. The first kappa shape index (κ1) is 12.2. The van der Waals surface area contributed by atoms with Crippen LogP contribution < -0.4 is 5.73 Å². The number of H-pyrrole nitrogens is 1. The Hall–Kier alpha value is -2.28. The summed E-state index contributed by atoms with van der Waals surface area (Å²) in [6.07, 6.45) is 3.01. The maximum atomic E-state index is 12.0. The third-order valence-corrected chi connectivity index (χ3v) is 2.48. The van der Waals surface area contributed by atoms with Crippen LogP contribution in [0.3, 0.4) is 0 Å². The predicted octanol–water partition coefficient (Wildman–Crippen LogP) is -0.0694. The molecular weight excluding hydrogens is 232 g/mol. The number of carbonyl (C=O) groups is 1. The van der Waals surface area contributed by atoms with Crippen LogP contribution in [-0.4, -0.2) is 38.0 Å². The van der Waals surface area contributed by atoms with Crippen molar-refractivity contribution >= 4 is 5.91 Å². The van der Waals surface area contributed by atoms with Crippen LogP contribution in [0.2, 0.25) is 0 Å². The second kappa shape index (κ2) is 5.37. The molecule has 0 radical (unpaired) electrons. The molecule has 2 aromatic heterocycles. The van der Waals surface area contributed by atoms with Crippen LogP contribution >= 0.6 is 0 Å². The third-order valence-electron chi connectivity index (χ3n) is 2.48. The van der Waals surface area contributed by atoms with Crippen LogP contribution in [0, 0.1) is 0 Å². The summed E-state index contributed by atoms with van der Waals surface area (Å²) in [6, 6.07) is 3.46. The Morgan fingerprint density at radius 2 is 2.28 bits per heavy atom. The Labute approximate surface area is 104 Å². The molecular formula is C11H14N6O. The molecule has 1 amide bonds. The zero-order chi connectivity index (χ0) is 13.0. The van der Waals surface area contributed by atoms with Crippen molar-refractivity contribution in [2.75, 3.05) is 7.05 Å². The number of nitrogens with one attached hydrogen (secondary N) is 1. The Balaban J connectivity index is 2.05. The number of rotatable bonds is 4. The fourth-order valence-electron chi connectivity index (χ4n) is 1.47. The van der Waals surface area contributed by atoms with E-state index in [2.05, 4.69) is 20.2 Å². The molecule has 0 saturated carbocycles. The molecule has 0 fully saturated rings. The molecule has 7 heteroatoms. The van der Waals surface area contributed by atoms with E-state index < -0.39 is 0 Å². The fraction of sp³-hybridized carbons (Fsp3) is 0.273.